The molecular formula is C12H8Br3Cl7Si2. The molecule has 0 amide bonds. The fourth-order valence-electron chi connectivity index (χ4n) is 1.07. The molecule has 0 radical (unpaired) electrons. The number of halogens is 10. The Morgan fingerprint density at radius 2 is 0.708 bits per heavy atom. The first kappa shape index (κ1) is 26.3. The standard InChI is InChI=1S/C6H4Br2.C6H4BrCl3Si.Cl4Si/c7-5-1-2-6(8)4-3-5;7-5-1-3-6(4-2-5)11(8,9)10;1-5(2,3)4/h1-4H;1-4H;. The van der Waals surface area contributed by atoms with Crippen LogP contribution in [0.3, 0.4) is 0 Å². The quantitative estimate of drug-likeness (QED) is 0.207. The predicted molar refractivity (Wildman–Crippen MR) is 128 cm³/mol. The van der Waals surface area contributed by atoms with Crippen molar-refractivity contribution < 1.29 is 0 Å². The van der Waals surface area contributed by atoms with Gasteiger partial charge in [-0.3, -0.25) is 0 Å². The van der Waals surface area contributed by atoms with E-state index in [-0.39, 0.29) is 0 Å². The van der Waals surface area contributed by atoms with E-state index in [1.54, 1.807) is 0 Å². The summed E-state index contributed by atoms with van der Waals surface area (Å²) in [6.45, 7) is 0. The third kappa shape index (κ3) is 16.5. The first-order chi connectivity index (χ1) is 10.8. The van der Waals surface area contributed by atoms with Gasteiger partial charge in [-0.15, -0.1) is 77.6 Å². The van der Waals surface area contributed by atoms with Gasteiger partial charge in [0.2, 0.25) is 0 Å². The second kappa shape index (κ2) is 12.7. The number of benzene rings is 2. The Morgan fingerprint density at radius 1 is 0.500 bits per heavy atom. The van der Waals surface area contributed by atoms with E-state index in [1.165, 1.54) is 0 Å². The normalized spacial score (nSPS) is 10.9. The molecule has 24 heavy (non-hydrogen) atoms. The molecule has 0 aliphatic rings. The number of hydrogen-bond donors (Lipinski definition) is 0. The first-order valence-corrected chi connectivity index (χ1v) is 19.2. The van der Waals surface area contributed by atoms with Crippen LogP contribution in [0.5, 0.6) is 0 Å². The van der Waals surface area contributed by atoms with Crippen LogP contribution in [-0.4, -0.2) is 11.3 Å². The van der Waals surface area contributed by atoms with Crippen molar-refractivity contribution in [2.75, 3.05) is 0 Å². The average Bonchev–Trinajstić information content (AvgIpc) is 2.40. The molecule has 0 heterocycles. The Bertz CT molecular complexity index is 571. The fourth-order valence-corrected chi connectivity index (χ4v) is 3.54. The Hall–Kier alpha value is 2.34. The molecule has 0 atom stereocenters. The van der Waals surface area contributed by atoms with E-state index in [9.17, 15) is 0 Å². The average molecular weight is 696 g/mol. The lowest BCUT2D eigenvalue weighted by atomic mass is 10.4. The summed E-state index contributed by atoms with van der Waals surface area (Å²) in [6, 6.07) is 12.7. The first-order valence-electron chi connectivity index (χ1n) is 5.78. The van der Waals surface area contributed by atoms with E-state index >= 15 is 0 Å². The lowest BCUT2D eigenvalue weighted by Crippen LogP contribution is -2.29. The summed E-state index contributed by atoms with van der Waals surface area (Å²) in [5.74, 6) is 0. The molecule has 0 bridgehead atoms. The van der Waals surface area contributed by atoms with Gasteiger partial charge in [0.05, 0.1) is 0 Å². The maximum atomic E-state index is 5.77. The zero-order chi connectivity index (χ0) is 19.0. The Morgan fingerprint density at radius 3 is 0.917 bits per heavy atom. The van der Waals surface area contributed by atoms with Crippen molar-refractivity contribution in [1.29, 1.82) is 0 Å². The van der Waals surface area contributed by atoms with Crippen molar-refractivity contribution in [2.45, 2.75) is 0 Å². The maximum absolute atomic E-state index is 5.77. The summed E-state index contributed by atoms with van der Waals surface area (Å²) in [6.07, 6.45) is 0. The van der Waals surface area contributed by atoms with E-state index in [0.29, 0.717) is 0 Å². The molecular weight excluding hydrogens is 688 g/mol. The van der Waals surface area contributed by atoms with Gasteiger partial charge in [0.1, 0.15) is 0 Å². The van der Waals surface area contributed by atoms with Crippen LogP contribution in [0.4, 0.5) is 0 Å². The van der Waals surface area contributed by atoms with Gasteiger partial charge in [-0.2, -0.15) is 0 Å². The van der Waals surface area contributed by atoms with Gasteiger partial charge >= 0.3 is 11.3 Å². The summed E-state index contributed by atoms with van der Waals surface area (Å²) in [5, 5.41) is -1.91. The zero-order valence-corrected chi connectivity index (χ0v) is 23.4. The van der Waals surface area contributed by atoms with Crippen LogP contribution in [-0.2, 0) is 0 Å². The van der Waals surface area contributed by atoms with Crippen LogP contribution in [0.2, 0.25) is 0 Å². The monoisotopic (exact) mass is 690 g/mol. The van der Waals surface area contributed by atoms with Crippen LogP contribution in [0.1, 0.15) is 0 Å². The highest BCUT2D eigenvalue weighted by molar-refractivity contribution is 9.11. The maximum Gasteiger partial charge on any atom is 0.440 e. The van der Waals surface area contributed by atoms with Gasteiger partial charge in [0, 0.05) is 13.4 Å². The Balaban J connectivity index is 0.000000358. The third-order valence-corrected chi connectivity index (χ3v) is 6.51. The van der Waals surface area contributed by atoms with E-state index in [0.717, 1.165) is 18.6 Å². The summed E-state index contributed by atoms with van der Waals surface area (Å²) in [4.78, 5) is 0. The van der Waals surface area contributed by atoms with Crippen molar-refractivity contribution in [2.24, 2.45) is 0 Å². The zero-order valence-electron chi connectivity index (χ0n) is 11.4. The lowest BCUT2D eigenvalue weighted by Gasteiger charge is -2.06. The van der Waals surface area contributed by atoms with E-state index in [4.69, 9.17) is 77.6 Å². The van der Waals surface area contributed by atoms with Crippen molar-refractivity contribution in [3.8, 4) is 0 Å². The third-order valence-electron chi connectivity index (χ3n) is 1.98. The molecule has 0 saturated heterocycles. The lowest BCUT2D eigenvalue weighted by molar-refractivity contribution is 1.61. The van der Waals surface area contributed by atoms with Crippen molar-refractivity contribution in [3.05, 3.63) is 61.9 Å². The van der Waals surface area contributed by atoms with Gasteiger partial charge in [-0.05, 0) is 41.6 Å². The van der Waals surface area contributed by atoms with E-state index < -0.39 is 11.3 Å². The molecule has 0 N–H and O–H groups in total. The topological polar surface area (TPSA) is 0 Å². The largest absolute Gasteiger partial charge is 0.440 e. The molecule has 0 aromatic heterocycles. The number of rotatable bonds is 1. The fraction of sp³-hybridized carbons (Fsp3) is 0. The molecule has 0 saturated carbocycles. The second-order valence-electron chi connectivity index (χ2n) is 3.87. The summed E-state index contributed by atoms with van der Waals surface area (Å²) < 4.78 is 3.21. The predicted octanol–water partition coefficient (Wildman–Crippen LogP) is 8.90. The van der Waals surface area contributed by atoms with Gasteiger partial charge < -0.3 is 0 Å². The molecule has 0 aliphatic carbocycles. The Labute approximate surface area is 201 Å². The highest BCUT2D eigenvalue weighted by atomic mass is 79.9. The molecule has 0 fully saturated rings. The number of hydrogen-bond acceptors (Lipinski definition) is 0. The van der Waals surface area contributed by atoms with Gasteiger partial charge in [0.25, 0.3) is 0 Å². The molecule has 0 spiro atoms. The van der Waals surface area contributed by atoms with Crippen LogP contribution < -0.4 is 5.19 Å². The smallest absolute Gasteiger partial charge is 0.121 e. The van der Waals surface area contributed by atoms with E-state index in [2.05, 4.69) is 47.8 Å². The minimum absolute atomic E-state index is 0.811. The molecule has 2 rings (SSSR count). The van der Waals surface area contributed by atoms with Crippen molar-refractivity contribution >= 4 is 142 Å². The molecule has 134 valence electrons. The van der Waals surface area contributed by atoms with Crippen LogP contribution >= 0.6 is 125 Å². The van der Waals surface area contributed by atoms with Crippen molar-refractivity contribution in [3.63, 3.8) is 0 Å². The van der Waals surface area contributed by atoms with Gasteiger partial charge in [-0.25, -0.2) is 0 Å². The van der Waals surface area contributed by atoms with Crippen molar-refractivity contribution in [1.82, 2.24) is 0 Å². The van der Waals surface area contributed by atoms with Gasteiger partial charge in [0.15, 0.2) is 0 Å². The minimum Gasteiger partial charge on any atom is -0.121 e. The second-order valence-corrected chi connectivity index (χ2v) is 26.2. The summed E-state index contributed by atoms with van der Waals surface area (Å²) in [7, 11) is 0. The van der Waals surface area contributed by atoms with E-state index in [1.807, 2.05) is 48.5 Å². The minimum atomic E-state index is -2.72. The summed E-state index contributed by atoms with van der Waals surface area (Å²) in [5.41, 5.74) is 0. The SMILES string of the molecule is Brc1ccc(Br)cc1.Cl[Si](Cl)(Cl)Cl.Cl[Si](Cl)(Cl)c1ccc(Br)cc1. The molecule has 0 nitrogen and oxygen atoms in total. The Kier molecular flexibility index (Phi) is 14.0. The highest BCUT2D eigenvalue weighted by Gasteiger charge is 2.27. The molecule has 0 aliphatic heterocycles. The van der Waals surface area contributed by atoms with Crippen LogP contribution in [0, 0.1) is 0 Å². The molecule has 0 unspecified atom stereocenters. The van der Waals surface area contributed by atoms with Gasteiger partial charge in [-0.1, -0.05) is 59.9 Å². The van der Waals surface area contributed by atoms with Crippen LogP contribution in [0.15, 0.2) is 61.9 Å². The van der Waals surface area contributed by atoms with Crippen LogP contribution in [0.25, 0.3) is 0 Å². The highest BCUT2D eigenvalue weighted by Crippen LogP contribution is 2.23. The molecule has 2 aromatic carbocycles. The molecule has 12 heteroatoms. The molecule has 2 aromatic rings. The summed E-state index contributed by atoms with van der Waals surface area (Å²) >= 11 is 47.1.